The van der Waals surface area contributed by atoms with Gasteiger partial charge in [0.25, 0.3) is 0 Å². The Hall–Kier alpha value is -1.13. The van der Waals surface area contributed by atoms with E-state index in [-0.39, 0.29) is 5.92 Å². The molecular formula is C9H19N3O2. The topological polar surface area (TPSA) is 88.0 Å². The zero-order chi connectivity index (χ0) is 11.2. The van der Waals surface area contributed by atoms with Crippen molar-refractivity contribution in [2.24, 2.45) is 22.1 Å². The highest BCUT2D eigenvalue weighted by Crippen LogP contribution is 2.24. The summed E-state index contributed by atoms with van der Waals surface area (Å²) in [5.41, 5.74) is -0.493. The maximum atomic E-state index is 10.9. The van der Waals surface area contributed by atoms with E-state index in [0.717, 1.165) is 6.42 Å². The molecule has 0 amide bonds. The van der Waals surface area contributed by atoms with Gasteiger partial charge in [-0.05, 0) is 26.7 Å². The van der Waals surface area contributed by atoms with Crippen molar-refractivity contribution in [3.63, 3.8) is 0 Å². The van der Waals surface area contributed by atoms with Gasteiger partial charge in [-0.1, -0.05) is 18.6 Å². The monoisotopic (exact) mass is 201 g/mol. The first kappa shape index (κ1) is 12.9. The molecule has 0 radical (unpaired) electrons. The van der Waals surface area contributed by atoms with Crippen molar-refractivity contribution in [2.75, 3.05) is 0 Å². The lowest BCUT2D eigenvalue weighted by Crippen LogP contribution is -2.26. The van der Waals surface area contributed by atoms with E-state index in [4.69, 9.17) is 10.9 Å². The van der Waals surface area contributed by atoms with Crippen LogP contribution in [-0.4, -0.2) is 16.6 Å². The SMILES string of the molecule is CCC[C@@H](CC(C)(C)N=NN)C(=O)O. The first-order chi connectivity index (χ1) is 6.43. The summed E-state index contributed by atoms with van der Waals surface area (Å²) in [6.07, 6.45) is 1.99. The van der Waals surface area contributed by atoms with Crippen molar-refractivity contribution in [1.82, 2.24) is 0 Å². The number of hydrogen-bond acceptors (Lipinski definition) is 3. The Labute approximate surface area is 84.4 Å². The van der Waals surface area contributed by atoms with Gasteiger partial charge in [-0.15, -0.1) is 0 Å². The Morgan fingerprint density at radius 2 is 2.14 bits per heavy atom. The molecule has 0 fully saturated rings. The number of carboxylic acids is 1. The number of aliphatic carboxylic acids is 1. The molecule has 0 aliphatic rings. The van der Waals surface area contributed by atoms with Gasteiger partial charge in [0.05, 0.1) is 11.5 Å². The van der Waals surface area contributed by atoms with Gasteiger partial charge >= 0.3 is 5.97 Å². The largest absolute Gasteiger partial charge is 0.481 e. The van der Waals surface area contributed by atoms with Crippen molar-refractivity contribution in [2.45, 2.75) is 45.6 Å². The van der Waals surface area contributed by atoms with Gasteiger partial charge in [-0.25, -0.2) is 0 Å². The molecule has 0 bridgehead atoms. The van der Waals surface area contributed by atoms with Crippen LogP contribution < -0.4 is 5.84 Å². The van der Waals surface area contributed by atoms with Crippen molar-refractivity contribution < 1.29 is 9.90 Å². The summed E-state index contributed by atoms with van der Waals surface area (Å²) in [4.78, 5) is 10.9. The molecule has 1 atom stereocenters. The lowest BCUT2D eigenvalue weighted by molar-refractivity contribution is -0.142. The maximum Gasteiger partial charge on any atom is 0.306 e. The zero-order valence-electron chi connectivity index (χ0n) is 9.03. The van der Waals surface area contributed by atoms with Crippen LogP contribution in [0.5, 0.6) is 0 Å². The molecule has 5 nitrogen and oxygen atoms in total. The van der Waals surface area contributed by atoms with E-state index >= 15 is 0 Å². The second-order valence-electron chi connectivity index (χ2n) is 4.06. The Morgan fingerprint density at radius 3 is 2.50 bits per heavy atom. The van der Waals surface area contributed by atoms with E-state index in [1.165, 1.54) is 0 Å². The van der Waals surface area contributed by atoms with Crippen molar-refractivity contribution in [3.05, 3.63) is 0 Å². The van der Waals surface area contributed by atoms with Gasteiger partial charge in [0.15, 0.2) is 0 Å². The second kappa shape index (κ2) is 5.57. The first-order valence-corrected chi connectivity index (χ1v) is 4.78. The summed E-state index contributed by atoms with van der Waals surface area (Å²) in [5, 5.41) is 15.9. The molecule has 0 aromatic carbocycles. The predicted octanol–water partition coefficient (Wildman–Crippen LogP) is 1.98. The summed E-state index contributed by atoms with van der Waals surface area (Å²) >= 11 is 0. The van der Waals surface area contributed by atoms with Crippen LogP contribution in [-0.2, 0) is 4.79 Å². The van der Waals surface area contributed by atoms with Gasteiger partial charge in [0.2, 0.25) is 0 Å². The summed E-state index contributed by atoms with van der Waals surface area (Å²) in [6, 6.07) is 0. The predicted molar refractivity (Wildman–Crippen MR) is 53.8 cm³/mol. The van der Waals surface area contributed by atoms with E-state index in [0.29, 0.717) is 12.8 Å². The van der Waals surface area contributed by atoms with Crippen LogP contribution >= 0.6 is 0 Å². The lowest BCUT2D eigenvalue weighted by atomic mass is 9.88. The highest BCUT2D eigenvalue weighted by Gasteiger charge is 2.27. The summed E-state index contributed by atoms with van der Waals surface area (Å²) in [6.45, 7) is 5.62. The van der Waals surface area contributed by atoms with Crippen molar-refractivity contribution in [1.29, 1.82) is 0 Å². The number of rotatable bonds is 6. The second-order valence-corrected chi connectivity index (χ2v) is 4.06. The molecule has 3 N–H and O–H groups in total. The van der Waals surface area contributed by atoms with Crippen molar-refractivity contribution in [3.8, 4) is 0 Å². The minimum absolute atomic E-state index is 0.361. The normalized spacial score (nSPS) is 14.5. The van der Waals surface area contributed by atoms with Crippen LogP contribution in [0.15, 0.2) is 10.3 Å². The minimum Gasteiger partial charge on any atom is -0.481 e. The Balaban J connectivity index is 4.35. The maximum absolute atomic E-state index is 10.9. The standard InChI is InChI=1S/C9H19N3O2/c1-4-5-7(8(13)14)6-9(2,3)11-12-10/h7H,4-6H2,1-3H3,(H2,10,11)(H,13,14)/t7-/m0/s1. The van der Waals surface area contributed by atoms with Gasteiger partial charge in [-0.2, -0.15) is 5.11 Å². The van der Waals surface area contributed by atoms with Crippen molar-refractivity contribution >= 4 is 5.97 Å². The number of nitrogens with two attached hydrogens (primary N) is 1. The smallest absolute Gasteiger partial charge is 0.306 e. The van der Waals surface area contributed by atoms with Gasteiger partial charge in [-0.3, -0.25) is 4.79 Å². The number of carbonyl (C=O) groups is 1. The average molecular weight is 201 g/mol. The van der Waals surface area contributed by atoms with Crippen LogP contribution in [0, 0.1) is 5.92 Å². The van der Waals surface area contributed by atoms with E-state index in [2.05, 4.69) is 10.3 Å². The van der Waals surface area contributed by atoms with Crippen LogP contribution in [0.2, 0.25) is 0 Å². The van der Waals surface area contributed by atoms with E-state index in [1.807, 2.05) is 20.8 Å². The number of carboxylic acid groups (broad SMARTS) is 1. The third-order valence-corrected chi connectivity index (χ3v) is 2.06. The minimum atomic E-state index is -0.771. The zero-order valence-corrected chi connectivity index (χ0v) is 9.03. The first-order valence-electron chi connectivity index (χ1n) is 4.78. The summed E-state index contributed by atoms with van der Waals surface area (Å²) < 4.78 is 0. The fourth-order valence-electron chi connectivity index (χ4n) is 1.46. The van der Waals surface area contributed by atoms with Gasteiger partial charge in [0, 0.05) is 0 Å². The van der Waals surface area contributed by atoms with E-state index in [9.17, 15) is 4.79 Å². The van der Waals surface area contributed by atoms with Crippen LogP contribution in [0.4, 0.5) is 0 Å². The molecule has 0 aromatic rings. The summed E-state index contributed by atoms with van der Waals surface area (Å²) in [5.74, 6) is 3.82. The van der Waals surface area contributed by atoms with Gasteiger partial charge in [0.1, 0.15) is 0 Å². The van der Waals surface area contributed by atoms with E-state index < -0.39 is 11.5 Å². The molecule has 0 unspecified atom stereocenters. The number of nitrogens with zero attached hydrogens (tertiary/aromatic N) is 2. The Bertz CT molecular complexity index is 214. The van der Waals surface area contributed by atoms with Crippen LogP contribution in [0.3, 0.4) is 0 Å². The lowest BCUT2D eigenvalue weighted by Gasteiger charge is -2.21. The highest BCUT2D eigenvalue weighted by molar-refractivity contribution is 5.70. The molecule has 0 spiro atoms. The molecule has 0 heterocycles. The fraction of sp³-hybridized carbons (Fsp3) is 0.889. The molecule has 0 aliphatic heterocycles. The molecule has 0 aliphatic carbocycles. The van der Waals surface area contributed by atoms with Gasteiger partial charge < -0.3 is 10.9 Å². The molecule has 0 aromatic heterocycles. The highest BCUT2D eigenvalue weighted by atomic mass is 16.4. The Morgan fingerprint density at radius 1 is 1.57 bits per heavy atom. The average Bonchev–Trinajstić information content (AvgIpc) is 2.02. The van der Waals surface area contributed by atoms with Crippen LogP contribution in [0.1, 0.15) is 40.0 Å². The molecule has 5 heteroatoms. The summed E-state index contributed by atoms with van der Waals surface area (Å²) in [7, 11) is 0. The molecule has 0 saturated heterocycles. The molecular weight excluding hydrogens is 182 g/mol. The number of hydrogen-bond donors (Lipinski definition) is 2. The molecule has 82 valence electrons. The molecule has 0 rings (SSSR count). The molecule has 0 saturated carbocycles. The van der Waals surface area contributed by atoms with Crippen LogP contribution in [0.25, 0.3) is 0 Å². The van der Waals surface area contributed by atoms with E-state index in [1.54, 1.807) is 0 Å². The third kappa shape index (κ3) is 4.79. The third-order valence-electron chi connectivity index (χ3n) is 2.06. The molecule has 14 heavy (non-hydrogen) atoms. The quantitative estimate of drug-likeness (QED) is 0.391. The Kier molecular flexibility index (Phi) is 5.12. The fourth-order valence-corrected chi connectivity index (χ4v) is 1.46.